The van der Waals surface area contributed by atoms with Gasteiger partial charge in [0.05, 0.1) is 9.85 Å². The Hall–Kier alpha value is -2.03. The molecule has 0 fully saturated rings. The van der Waals surface area contributed by atoms with E-state index in [2.05, 4.69) is 5.32 Å². The highest BCUT2D eigenvalue weighted by atomic mass is 32.1. The van der Waals surface area contributed by atoms with E-state index in [-0.39, 0.29) is 10.0 Å². The van der Waals surface area contributed by atoms with Gasteiger partial charge < -0.3 is 5.32 Å². The smallest absolute Gasteiger partial charge is 0.312 e. The van der Waals surface area contributed by atoms with Gasteiger partial charge in [-0.3, -0.25) is 25.0 Å². The van der Waals surface area contributed by atoms with Crippen molar-refractivity contribution >= 4 is 32.9 Å². The zero-order chi connectivity index (χ0) is 11.6. The van der Waals surface area contributed by atoms with E-state index in [1.807, 2.05) is 0 Å². The van der Waals surface area contributed by atoms with Gasteiger partial charge in [-0.05, 0) is 11.3 Å². The molecule has 9 heteroatoms. The monoisotopic (exact) mass is 231 g/mol. The third-order valence-corrected chi connectivity index (χ3v) is 2.36. The number of carbonyl (C=O) groups excluding carboxylic acids is 1. The number of nitrogens with zero attached hydrogens (tertiary/aromatic N) is 2. The summed E-state index contributed by atoms with van der Waals surface area (Å²) in [5, 5.41) is 22.5. The van der Waals surface area contributed by atoms with E-state index >= 15 is 0 Å². The minimum absolute atomic E-state index is 0.126. The maximum absolute atomic E-state index is 10.7. The molecule has 0 aliphatic rings. The van der Waals surface area contributed by atoms with Crippen molar-refractivity contribution in [3.05, 3.63) is 26.3 Å². The van der Waals surface area contributed by atoms with Crippen LogP contribution < -0.4 is 5.32 Å². The second-order valence-corrected chi connectivity index (χ2v) is 3.53. The fourth-order valence-electron chi connectivity index (χ4n) is 0.844. The number of amides is 1. The molecule has 0 atom stereocenters. The van der Waals surface area contributed by atoms with Crippen molar-refractivity contribution in [2.24, 2.45) is 0 Å². The molecule has 0 aliphatic carbocycles. The molecule has 0 unspecified atom stereocenters. The number of hydrogen-bond donors (Lipinski definition) is 1. The summed E-state index contributed by atoms with van der Waals surface area (Å²) in [4.78, 5) is 30.0. The van der Waals surface area contributed by atoms with Crippen LogP contribution in [0.5, 0.6) is 0 Å². The van der Waals surface area contributed by atoms with Crippen LogP contribution in [0.1, 0.15) is 6.92 Å². The molecule has 0 spiro atoms. The molecule has 1 rings (SSSR count). The zero-order valence-electron chi connectivity index (χ0n) is 7.42. The van der Waals surface area contributed by atoms with Crippen LogP contribution >= 0.6 is 11.3 Å². The lowest BCUT2D eigenvalue weighted by molar-refractivity contribution is -0.389. The van der Waals surface area contributed by atoms with Crippen LogP contribution in [0.4, 0.5) is 15.7 Å². The Labute approximate surface area is 86.8 Å². The second kappa shape index (κ2) is 4.00. The highest BCUT2D eigenvalue weighted by Gasteiger charge is 2.25. The van der Waals surface area contributed by atoms with Gasteiger partial charge in [0.25, 0.3) is 0 Å². The maximum atomic E-state index is 10.7. The molecular weight excluding hydrogens is 226 g/mol. The third kappa shape index (κ3) is 2.47. The normalized spacial score (nSPS) is 9.67. The van der Waals surface area contributed by atoms with E-state index in [0.29, 0.717) is 11.3 Å². The molecule has 80 valence electrons. The molecule has 0 radical (unpaired) electrons. The molecule has 8 nitrogen and oxygen atoms in total. The molecular formula is C6H5N3O5S. The highest BCUT2D eigenvalue weighted by Crippen LogP contribution is 2.38. The van der Waals surface area contributed by atoms with Gasteiger partial charge >= 0.3 is 10.7 Å². The number of rotatable bonds is 3. The van der Waals surface area contributed by atoms with Gasteiger partial charge in [-0.25, -0.2) is 0 Å². The van der Waals surface area contributed by atoms with Crippen molar-refractivity contribution in [2.45, 2.75) is 6.92 Å². The van der Waals surface area contributed by atoms with Crippen LogP contribution in [0.25, 0.3) is 0 Å². The first-order chi connectivity index (χ1) is 6.91. The number of anilines is 1. The van der Waals surface area contributed by atoms with Gasteiger partial charge in [-0.15, -0.1) is 0 Å². The molecule has 15 heavy (non-hydrogen) atoms. The quantitative estimate of drug-likeness (QED) is 0.625. The Morgan fingerprint density at radius 3 is 2.40 bits per heavy atom. The van der Waals surface area contributed by atoms with Gasteiger partial charge in [0.2, 0.25) is 5.91 Å². The molecule has 1 aromatic rings. The number of nitro groups is 2. The topological polar surface area (TPSA) is 115 Å². The van der Waals surface area contributed by atoms with E-state index in [4.69, 9.17) is 0 Å². The van der Waals surface area contributed by atoms with Gasteiger partial charge in [0, 0.05) is 6.92 Å². The standard InChI is InChI=1S/C6H5N3O5S/c1-3(10)7-6-4(8(11)12)2-5(15-6)9(13)14/h2H,1H3,(H,7,10). The average Bonchev–Trinajstić information content (AvgIpc) is 2.46. The molecule has 0 aliphatic heterocycles. The van der Waals surface area contributed by atoms with E-state index < -0.39 is 21.4 Å². The summed E-state index contributed by atoms with van der Waals surface area (Å²) in [7, 11) is 0. The molecule has 0 saturated heterocycles. The average molecular weight is 231 g/mol. The van der Waals surface area contributed by atoms with Crippen molar-refractivity contribution in [3.63, 3.8) is 0 Å². The van der Waals surface area contributed by atoms with Crippen molar-refractivity contribution in [3.8, 4) is 0 Å². The zero-order valence-corrected chi connectivity index (χ0v) is 8.24. The molecule has 1 aromatic heterocycles. The summed E-state index contributed by atoms with van der Waals surface area (Å²) in [5.41, 5.74) is -0.470. The van der Waals surface area contributed by atoms with E-state index in [0.717, 1.165) is 13.0 Å². The summed E-state index contributed by atoms with van der Waals surface area (Å²) >= 11 is 0.552. The van der Waals surface area contributed by atoms with Crippen molar-refractivity contribution < 1.29 is 14.6 Å². The van der Waals surface area contributed by atoms with Crippen LogP contribution in [0.15, 0.2) is 6.07 Å². The maximum Gasteiger partial charge on any atom is 0.333 e. The predicted octanol–water partition coefficient (Wildman–Crippen LogP) is 1.52. The Morgan fingerprint density at radius 1 is 1.40 bits per heavy atom. The lowest BCUT2D eigenvalue weighted by Gasteiger charge is -1.94. The molecule has 1 heterocycles. The first-order valence-electron chi connectivity index (χ1n) is 3.62. The molecule has 0 bridgehead atoms. The van der Waals surface area contributed by atoms with Crippen LogP contribution in [-0.4, -0.2) is 15.8 Å². The summed E-state index contributed by atoms with van der Waals surface area (Å²) in [6.45, 7) is 1.16. The Balaban J connectivity index is 3.17. The van der Waals surface area contributed by atoms with Crippen LogP contribution in [-0.2, 0) is 4.79 Å². The Bertz CT molecular complexity index is 440. The van der Waals surface area contributed by atoms with Gasteiger partial charge in [-0.2, -0.15) is 0 Å². The minimum atomic E-state index is -0.783. The second-order valence-electron chi connectivity index (χ2n) is 2.49. The SMILES string of the molecule is CC(=O)Nc1sc([N+](=O)[O-])cc1[N+](=O)[O-]. The number of carbonyl (C=O) groups is 1. The fraction of sp³-hybridized carbons (Fsp3) is 0.167. The van der Waals surface area contributed by atoms with Crippen LogP contribution in [0.2, 0.25) is 0 Å². The molecule has 0 saturated carbocycles. The minimum Gasteiger partial charge on any atom is -0.312 e. The van der Waals surface area contributed by atoms with Gasteiger partial charge in [0.15, 0.2) is 5.00 Å². The number of thiophene rings is 1. The lowest BCUT2D eigenvalue weighted by Crippen LogP contribution is -2.05. The van der Waals surface area contributed by atoms with Crippen molar-refractivity contribution in [1.29, 1.82) is 0 Å². The summed E-state index contributed by atoms with van der Waals surface area (Å²) < 4.78 is 0. The largest absolute Gasteiger partial charge is 0.333 e. The van der Waals surface area contributed by atoms with E-state index in [1.54, 1.807) is 0 Å². The summed E-state index contributed by atoms with van der Waals surface area (Å²) in [5.74, 6) is -0.519. The first-order valence-corrected chi connectivity index (χ1v) is 4.43. The highest BCUT2D eigenvalue weighted by molar-refractivity contribution is 7.20. The fourth-order valence-corrected chi connectivity index (χ4v) is 1.73. The van der Waals surface area contributed by atoms with E-state index in [9.17, 15) is 25.0 Å². The van der Waals surface area contributed by atoms with E-state index in [1.165, 1.54) is 0 Å². The Morgan fingerprint density at radius 2 is 2.00 bits per heavy atom. The first kappa shape index (κ1) is 11.0. The van der Waals surface area contributed by atoms with Crippen molar-refractivity contribution in [1.82, 2.24) is 0 Å². The number of hydrogen-bond acceptors (Lipinski definition) is 6. The van der Waals surface area contributed by atoms with Crippen molar-refractivity contribution in [2.75, 3.05) is 5.32 Å². The lowest BCUT2D eigenvalue weighted by atomic mass is 10.5. The van der Waals surface area contributed by atoms with Crippen LogP contribution in [0.3, 0.4) is 0 Å². The molecule has 1 N–H and O–H groups in total. The Kier molecular flexibility index (Phi) is 2.95. The summed E-state index contributed by atoms with van der Waals surface area (Å²) in [6.07, 6.45) is 0. The third-order valence-electron chi connectivity index (χ3n) is 1.37. The van der Waals surface area contributed by atoms with Gasteiger partial charge in [0.1, 0.15) is 6.07 Å². The predicted molar refractivity (Wildman–Crippen MR) is 51.9 cm³/mol. The summed E-state index contributed by atoms with van der Waals surface area (Å²) in [6, 6.07) is 0.815. The van der Waals surface area contributed by atoms with Gasteiger partial charge in [-0.1, -0.05) is 0 Å². The van der Waals surface area contributed by atoms with Crippen LogP contribution in [0, 0.1) is 20.2 Å². The number of nitrogens with one attached hydrogen (secondary N) is 1. The molecule has 0 aromatic carbocycles. The molecule has 1 amide bonds.